The quantitative estimate of drug-likeness (QED) is 0.665. The second-order valence-corrected chi connectivity index (χ2v) is 7.65. The fourth-order valence-corrected chi connectivity index (χ4v) is 2.84. The Hall–Kier alpha value is -2.25. The highest BCUT2D eigenvalue weighted by molar-refractivity contribution is 7.07. The summed E-state index contributed by atoms with van der Waals surface area (Å²) in [6, 6.07) is 4.28. The first-order valence-electron chi connectivity index (χ1n) is 6.99. The van der Waals surface area contributed by atoms with Crippen LogP contribution >= 0.6 is 22.9 Å². The molecule has 6 nitrogen and oxygen atoms in total. The number of ketones is 1. The topological polar surface area (TPSA) is 93.1 Å². The van der Waals surface area contributed by atoms with Crippen LogP contribution in [0.4, 0.5) is 5.69 Å². The molecule has 0 fully saturated rings. The number of rotatable bonds is 3. The van der Waals surface area contributed by atoms with Crippen LogP contribution in [-0.2, 0) is 4.79 Å². The van der Waals surface area contributed by atoms with Crippen molar-refractivity contribution >= 4 is 46.6 Å². The van der Waals surface area contributed by atoms with Gasteiger partial charge in [-0.3, -0.25) is 19.7 Å². The number of aromatic nitrogens is 1. The minimum Gasteiger partial charge on any atom is -0.313 e. The molecule has 0 saturated carbocycles. The third kappa shape index (κ3) is 4.18. The number of halogens is 1. The first-order valence-corrected chi connectivity index (χ1v) is 8.18. The van der Waals surface area contributed by atoms with Gasteiger partial charge in [0.25, 0.3) is 11.2 Å². The van der Waals surface area contributed by atoms with Gasteiger partial charge in [0.15, 0.2) is 5.78 Å². The summed E-state index contributed by atoms with van der Waals surface area (Å²) in [6.45, 7) is 5.37. The van der Waals surface area contributed by atoms with E-state index in [1.807, 2.05) is 0 Å². The largest absolute Gasteiger partial charge is 0.313 e. The van der Waals surface area contributed by atoms with E-state index in [0.29, 0.717) is 14.8 Å². The first-order chi connectivity index (χ1) is 11.1. The van der Waals surface area contributed by atoms with Crippen LogP contribution in [-0.4, -0.2) is 15.7 Å². The summed E-state index contributed by atoms with van der Waals surface area (Å²) in [5.41, 5.74) is -0.646. The number of carbonyl (C=O) groups excluding carboxylic acids is 1. The minimum atomic E-state index is -0.584. The van der Waals surface area contributed by atoms with Crippen molar-refractivity contribution in [1.29, 1.82) is 0 Å². The van der Waals surface area contributed by atoms with Crippen LogP contribution in [0.3, 0.4) is 0 Å². The van der Waals surface area contributed by atoms with Crippen LogP contribution < -0.4 is 14.8 Å². The van der Waals surface area contributed by atoms with Gasteiger partial charge in [0.2, 0.25) is 0 Å². The summed E-state index contributed by atoms with van der Waals surface area (Å²) in [6.07, 6.45) is 2.92. The van der Waals surface area contributed by atoms with Crippen LogP contribution in [0.1, 0.15) is 26.3 Å². The number of aromatic amines is 1. The lowest BCUT2D eigenvalue weighted by Crippen LogP contribution is -2.22. The number of hydrogen-bond donors (Lipinski definition) is 1. The van der Waals surface area contributed by atoms with Gasteiger partial charge < -0.3 is 4.98 Å². The Kier molecular flexibility index (Phi) is 5.05. The number of nitro benzene ring substituents is 1. The molecule has 0 amide bonds. The van der Waals surface area contributed by atoms with E-state index in [1.54, 1.807) is 26.8 Å². The maximum Gasteiger partial charge on any atom is 0.288 e. The average molecular weight is 367 g/mol. The number of nitro groups is 1. The zero-order valence-corrected chi connectivity index (χ0v) is 14.8. The zero-order valence-electron chi connectivity index (χ0n) is 13.3. The Morgan fingerprint density at radius 2 is 2.04 bits per heavy atom. The molecular formula is C16H15ClN2O4S. The van der Waals surface area contributed by atoms with E-state index in [0.717, 1.165) is 11.3 Å². The molecule has 8 heteroatoms. The van der Waals surface area contributed by atoms with Crippen molar-refractivity contribution < 1.29 is 9.72 Å². The van der Waals surface area contributed by atoms with Crippen LogP contribution in [0.2, 0.25) is 5.02 Å². The number of benzene rings is 1. The Bertz CT molecular complexity index is 983. The molecule has 0 saturated heterocycles. The Labute approximate surface area is 146 Å². The van der Waals surface area contributed by atoms with Gasteiger partial charge in [0.05, 0.1) is 14.1 Å². The molecule has 2 aromatic rings. The third-order valence-corrected chi connectivity index (χ3v) is 4.43. The molecule has 1 heterocycles. The summed E-state index contributed by atoms with van der Waals surface area (Å²) in [5, 5.41) is 10.9. The number of nitrogens with one attached hydrogen (secondary N) is 1. The molecule has 0 bridgehead atoms. The van der Waals surface area contributed by atoms with E-state index in [2.05, 4.69) is 4.98 Å². The maximum atomic E-state index is 12.0. The highest BCUT2D eigenvalue weighted by Gasteiger charge is 2.18. The molecule has 0 radical (unpaired) electrons. The monoisotopic (exact) mass is 366 g/mol. The predicted octanol–water partition coefficient (Wildman–Crippen LogP) is 2.22. The van der Waals surface area contributed by atoms with Crippen LogP contribution in [0.15, 0.2) is 23.0 Å². The summed E-state index contributed by atoms with van der Waals surface area (Å²) in [7, 11) is 0. The summed E-state index contributed by atoms with van der Waals surface area (Å²) in [4.78, 5) is 36.9. The van der Waals surface area contributed by atoms with Crippen molar-refractivity contribution in [2.45, 2.75) is 20.8 Å². The van der Waals surface area contributed by atoms with Gasteiger partial charge in [0, 0.05) is 17.6 Å². The Balaban J connectivity index is 2.52. The molecule has 1 N–H and O–H groups in total. The normalized spacial score (nSPS) is 13.3. The molecule has 0 unspecified atom stereocenters. The van der Waals surface area contributed by atoms with Crippen molar-refractivity contribution in [2.24, 2.45) is 5.41 Å². The number of Topliss-reactive ketones (excluding diaryl/α,β-unsaturated/α-hetero) is 1. The molecule has 0 atom stereocenters. The summed E-state index contributed by atoms with van der Waals surface area (Å²) in [5.74, 6) is -0.103. The molecule has 1 aromatic heterocycles. The Morgan fingerprint density at radius 1 is 1.38 bits per heavy atom. The molecular weight excluding hydrogens is 352 g/mol. The molecule has 0 aliphatic rings. The van der Waals surface area contributed by atoms with E-state index >= 15 is 0 Å². The third-order valence-electron chi connectivity index (χ3n) is 3.15. The molecule has 24 heavy (non-hydrogen) atoms. The predicted molar refractivity (Wildman–Crippen MR) is 94.8 cm³/mol. The van der Waals surface area contributed by atoms with Crippen molar-refractivity contribution in [3.8, 4) is 0 Å². The summed E-state index contributed by atoms with van der Waals surface area (Å²) >= 11 is 6.88. The van der Waals surface area contributed by atoms with Gasteiger partial charge in [-0.05, 0) is 17.7 Å². The first kappa shape index (κ1) is 18.1. The van der Waals surface area contributed by atoms with Crippen molar-refractivity contribution in [2.75, 3.05) is 0 Å². The second-order valence-electron chi connectivity index (χ2n) is 6.16. The van der Waals surface area contributed by atoms with Crippen molar-refractivity contribution in [3.05, 3.63) is 58.4 Å². The Morgan fingerprint density at radius 3 is 2.62 bits per heavy atom. The van der Waals surface area contributed by atoms with Gasteiger partial charge in [-0.25, -0.2) is 0 Å². The lowest BCUT2D eigenvalue weighted by atomic mass is 9.91. The number of H-pyrrole nitrogens is 1. The molecule has 126 valence electrons. The minimum absolute atomic E-state index is 0.0297. The van der Waals surface area contributed by atoms with E-state index in [1.165, 1.54) is 24.3 Å². The highest BCUT2D eigenvalue weighted by Crippen LogP contribution is 2.25. The van der Waals surface area contributed by atoms with Crippen LogP contribution in [0.25, 0.3) is 12.2 Å². The van der Waals surface area contributed by atoms with E-state index in [-0.39, 0.29) is 22.1 Å². The number of nitrogens with zero attached hydrogens (tertiary/aromatic N) is 1. The van der Waals surface area contributed by atoms with Gasteiger partial charge in [-0.1, -0.05) is 38.4 Å². The average Bonchev–Trinajstić information content (AvgIpc) is 2.79. The van der Waals surface area contributed by atoms with E-state index in [4.69, 9.17) is 11.6 Å². The van der Waals surface area contributed by atoms with Gasteiger partial charge in [-0.2, -0.15) is 0 Å². The SMILES string of the molecule is CC(C)(C)C(=O)/C=c1/[nH]c(=O)/c(=C\c2ccc(Cl)c([N+](=O)[O-])c2)s1. The molecule has 1 aromatic carbocycles. The van der Waals surface area contributed by atoms with Gasteiger partial charge in [0.1, 0.15) is 5.02 Å². The smallest absolute Gasteiger partial charge is 0.288 e. The molecule has 0 aliphatic heterocycles. The zero-order chi connectivity index (χ0) is 18.1. The summed E-state index contributed by atoms with van der Waals surface area (Å²) < 4.78 is 0.786. The molecule has 0 aliphatic carbocycles. The van der Waals surface area contributed by atoms with Crippen LogP contribution in [0, 0.1) is 15.5 Å². The fourth-order valence-electron chi connectivity index (χ4n) is 1.77. The molecule has 0 spiro atoms. The lowest BCUT2D eigenvalue weighted by Gasteiger charge is -2.12. The molecule has 2 rings (SSSR count). The van der Waals surface area contributed by atoms with Gasteiger partial charge in [-0.15, -0.1) is 11.3 Å². The van der Waals surface area contributed by atoms with Crippen molar-refractivity contribution in [1.82, 2.24) is 4.98 Å². The van der Waals surface area contributed by atoms with E-state index < -0.39 is 10.3 Å². The number of thiazole rings is 1. The van der Waals surface area contributed by atoms with Gasteiger partial charge >= 0.3 is 0 Å². The second kappa shape index (κ2) is 6.70. The maximum absolute atomic E-state index is 12.0. The number of hydrogen-bond acceptors (Lipinski definition) is 5. The highest BCUT2D eigenvalue weighted by atomic mass is 35.5. The number of carbonyl (C=O) groups is 1. The fraction of sp³-hybridized carbons (Fsp3) is 0.250. The van der Waals surface area contributed by atoms with Crippen molar-refractivity contribution in [3.63, 3.8) is 0 Å². The lowest BCUT2D eigenvalue weighted by molar-refractivity contribution is -0.384. The standard InChI is InChI=1S/C16H15ClN2O4S/c1-16(2,3)13(20)8-14-18-15(21)12(24-14)7-9-4-5-10(17)11(6-9)19(22)23/h4-8H,1-3H3,(H,18,21)/b12-7+,14-8-. The van der Waals surface area contributed by atoms with E-state index in [9.17, 15) is 19.7 Å². The van der Waals surface area contributed by atoms with Crippen LogP contribution in [0.5, 0.6) is 0 Å².